The van der Waals surface area contributed by atoms with E-state index >= 15 is 0 Å². The Labute approximate surface area is 533 Å². The predicted molar refractivity (Wildman–Crippen MR) is 354 cm³/mol. The summed E-state index contributed by atoms with van der Waals surface area (Å²) in [6.07, 6.45) is -2.43. The summed E-state index contributed by atoms with van der Waals surface area (Å²) in [5.74, 6) is 2.35. The fourth-order valence-electron chi connectivity index (χ4n) is 12.7. The third kappa shape index (κ3) is 10.6. The molecule has 16 rings (SSSR count). The van der Waals surface area contributed by atoms with Crippen LogP contribution in [-0.4, -0.2) is 51.0 Å². The summed E-state index contributed by atoms with van der Waals surface area (Å²) in [5, 5.41) is 5.84. The van der Waals surface area contributed by atoms with E-state index in [9.17, 15) is 14.4 Å². The summed E-state index contributed by atoms with van der Waals surface area (Å²) in [7, 11) is 0. The maximum Gasteiger partial charge on any atom is 0.331 e. The summed E-state index contributed by atoms with van der Waals surface area (Å²) >= 11 is 0. The Kier molecular flexibility index (Phi) is 14.4. The van der Waals surface area contributed by atoms with Crippen LogP contribution in [0.2, 0.25) is 0 Å². The number of para-hydroxylation sites is 3. The van der Waals surface area contributed by atoms with E-state index in [0.717, 1.165) is 66.1 Å². The fourth-order valence-corrected chi connectivity index (χ4v) is 12.7. The van der Waals surface area contributed by atoms with Gasteiger partial charge in [-0.1, -0.05) is 200 Å². The van der Waals surface area contributed by atoms with Gasteiger partial charge in [0, 0.05) is 16.2 Å². The second-order valence-corrected chi connectivity index (χ2v) is 22.7. The van der Waals surface area contributed by atoms with E-state index in [1.165, 1.54) is 0 Å². The minimum Gasteiger partial charge on any atom is -0.478 e. The van der Waals surface area contributed by atoms with Gasteiger partial charge in [0.05, 0.1) is 17.1 Å². The average molecular weight is 1220 g/mol. The third-order valence-electron chi connectivity index (χ3n) is 17.1. The van der Waals surface area contributed by atoms with Gasteiger partial charge >= 0.3 is 18.0 Å². The summed E-state index contributed by atoms with van der Waals surface area (Å²) in [5.41, 5.74) is 4.74. The maximum absolute atomic E-state index is 14.2. The first kappa shape index (κ1) is 55.9. The molecular weight excluding hydrogens is 1160 g/mol. The summed E-state index contributed by atoms with van der Waals surface area (Å²) in [4.78, 5) is 62.0. The van der Waals surface area contributed by atoms with E-state index in [2.05, 4.69) is 15.0 Å². The van der Waals surface area contributed by atoms with Crippen molar-refractivity contribution in [1.82, 2.24) is 15.0 Å². The molecule has 0 radical (unpaired) electrons. The number of nitrogens with zero attached hydrogens (tertiary/aromatic N) is 6. The lowest BCUT2D eigenvalue weighted by Crippen LogP contribution is -2.61. The highest BCUT2D eigenvalue weighted by Crippen LogP contribution is 2.48. The van der Waals surface area contributed by atoms with Crippen molar-refractivity contribution in [3.8, 4) is 52.5 Å². The topological polar surface area (TPSA) is 155 Å². The molecule has 93 heavy (non-hydrogen) atoms. The van der Waals surface area contributed by atoms with Crippen molar-refractivity contribution in [1.29, 1.82) is 0 Å². The predicted octanol–water partition coefficient (Wildman–Crippen LogP) is 16.3. The first-order valence-electron chi connectivity index (χ1n) is 30.5. The molecule has 6 unspecified atom stereocenters. The van der Waals surface area contributed by atoms with Gasteiger partial charge < -0.3 is 28.4 Å². The molecule has 3 aliphatic rings. The molecule has 0 aliphatic carbocycles. The highest BCUT2D eigenvalue weighted by atomic mass is 16.5. The molecule has 3 saturated heterocycles. The van der Waals surface area contributed by atoms with Gasteiger partial charge in [-0.2, -0.15) is 0 Å². The molecule has 3 aliphatic heterocycles. The number of carbonyl (C=O) groups is 3. The van der Waals surface area contributed by atoms with Crippen LogP contribution in [0.15, 0.2) is 291 Å². The normalized spacial score (nSPS) is 18.3. The lowest BCUT2D eigenvalue weighted by Gasteiger charge is -2.47. The van der Waals surface area contributed by atoms with Crippen LogP contribution < -0.4 is 43.1 Å². The van der Waals surface area contributed by atoms with Crippen molar-refractivity contribution in [3.05, 3.63) is 308 Å². The molecule has 3 amide bonds. The number of aromatic nitrogens is 3. The van der Waals surface area contributed by atoms with Gasteiger partial charge in [-0.3, -0.25) is 29.1 Å². The number of ether oxygens (including phenoxy) is 6. The van der Waals surface area contributed by atoms with Gasteiger partial charge in [-0.15, -0.1) is 15.0 Å². The first-order chi connectivity index (χ1) is 45.8. The summed E-state index contributed by atoms with van der Waals surface area (Å²) in [6, 6.07) is 89.9. The van der Waals surface area contributed by atoms with Crippen molar-refractivity contribution >= 4 is 67.1 Å². The highest BCUT2D eigenvalue weighted by Gasteiger charge is 2.54. The van der Waals surface area contributed by atoms with Gasteiger partial charge in [0.15, 0.2) is 0 Å². The van der Waals surface area contributed by atoms with Crippen LogP contribution in [-0.2, 0) is 14.4 Å². The Morgan fingerprint density at radius 3 is 0.774 bits per heavy atom. The van der Waals surface area contributed by atoms with E-state index in [1.54, 1.807) is 51.1 Å². The van der Waals surface area contributed by atoms with E-state index in [1.807, 2.05) is 255 Å². The van der Waals surface area contributed by atoms with Crippen LogP contribution in [0, 0.1) is 0 Å². The average Bonchev–Trinajstić information content (AvgIpc) is 0.749. The number of β-lactam (4-membered cyclic amide) rings is 3. The van der Waals surface area contributed by atoms with Crippen LogP contribution in [0.25, 0.3) is 32.3 Å². The van der Waals surface area contributed by atoms with Crippen molar-refractivity contribution in [3.63, 3.8) is 0 Å². The number of anilines is 3. The van der Waals surface area contributed by atoms with Crippen molar-refractivity contribution in [2.45, 2.75) is 36.4 Å². The van der Waals surface area contributed by atoms with Crippen molar-refractivity contribution < 1.29 is 42.8 Å². The minimum atomic E-state index is -0.809. The van der Waals surface area contributed by atoms with Gasteiger partial charge in [-0.25, -0.2) is 0 Å². The van der Waals surface area contributed by atoms with Gasteiger partial charge in [-0.05, 0) is 124 Å². The molecule has 0 saturated carbocycles. The van der Waals surface area contributed by atoms with E-state index in [4.69, 9.17) is 28.4 Å². The molecular formula is C78H54N6O9. The number of carbonyl (C=O) groups excluding carboxylic acids is 3. The van der Waals surface area contributed by atoms with Crippen LogP contribution in [0.5, 0.6) is 52.5 Å². The van der Waals surface area contributed by atoms with E-state index in [-0.39, 0.29) is 35.8 Å². The lowest BCUT2D eigenvalue weighted by molar-refractivity contribution is -0.135. The lowest BCUT2D eigenvalue weighted by atomic mass is 9.88. The Bertz CT molecular complexity index is 4430. The number of hydrogen-bond donors (Lipinski definition) is 0. The molecule has 1 aromatic heterocycles. The Hall–Kier alpha value is -12.4. The largest absolute Gasteiger partial charge is 0.478 e. The van der Waals surface area contributed by atoms with Crippen molar-refractivity contribution in [2.75, 3.05) is 14.7 Å². The van der Waals surface area contributed by atoms with Crippen LogP contribution in [0.1, 0.15) is 34.8 Å². The number of benzene rings is 12. The SMILES string of the molecule is O=C1C(Oc2ccccc2)C(c2ccc(Oc3nc(Oc4ccc(C5C(Oc6ccccc6)C(=O)N5c5cccc6ccccc56)cc4)nc(Oc4ccc(C5C(Oc6ccccc6)C(=O)N5c5cccc6ccccc56)cc4)n3)cc2)N1c1cccc2ccccc12. The molecule has 15 nitrogen and oxygen atoms in total. The highest BCUT2D eigenvalue weighted by molar-refractivity contribution is 6.13. The molecule has 4 heterocycles. The van der Waals surface area contributed by atoms with Crippen LogP contribution >= 0.6 is 0 Å². The Balaban J connectivity index is 0.716. The number of hydrogen-bond acceptors (Lipinski definition) is 12. The smallest absolute Gasteiger partial charge is 0.331 e. The third-order valence-corrected chi connectivity index (χ3v) is 17.1. The fraction of sp³-hybridized carbons (Fsp3) is 0.0769. The number of amides is 3. The second kappa shape index (κ2) is 23.9. The molecule has 12 aromatic carbocycles. The summed E-state index contributed by atoms with van der Waals surface area (Å²) in [6.45, 7) is 0. The first-order valence-corrected chi connectivity index (χ1v) is 30.5. The maximum atomic E-state index is 14.2. The zero-order valence-electron chi connectivity index (χ0n) is 49.5. The quantitative estimate of drug-likeness (QED) is 0.0751. The zero-order valence-corrected chi connectivity index (χ0v) is 49.5. The summed E-state index contributed by atoms with van der Waals surface area (Å²) < 4.78 is 38.6. The number of fused-ring (bicyclic) bond motifs is 3. The standard InChI is InChI=1S/C78H54N6O9/c85-73-70(88-55-25-4-1-5-26-55)67(82(73)64-34-16-22-49-19-10-13-31-61(49)64)52-37-43-58(44-38-52)91-76-79-77(92-59-45-39-53(40-46-59)68-71(89-56-27-6-2-7-28-56)74(86)83(68)65-35-17-23-50-20-11-14-32-62(50)65)81-78(80-76)93-60-47-41-54(42-48-60)69-72(90-57-29-8-3-9-30-57)75(87)84(69)66-36-18-24-51-21-12-15-33-63(51)66/h1-48,67-72H. The van der Waals surface area contributed by atoms with Crippen LogP contribution in [0.3, 0.4) is 0 Å². The molecule has 0 spiro atoms. The molecule has 0 bridgehead atoms. The molecule has 0 N–H and O–H groups in total. The molecule has 13 aromatic rings. The van der Waals surface area contributed by atoms with E-state index < -0.39 is 36.4 Å². The number of rotatable bonds is 18. The minimum absolute atomic E-state index is 0.142. The Morgan fingerprint density at radius 2 is 0.495 bits per heavy atom. The molecule has 6 atom stereocenters. The van der Waals surface area contributed by atoms with Gasteiger partial charge in [0.25, 0.3) is 17.7 Å². The monoisotopic (exact) mass is 1220 g/mol. The van der Waals surface area contributed by atoms with Crippen LogP contribution in [0.4, 0.5) is 17.1 Å². The zero-order chi connectivity index (χ0) is 62.4. The van der Waals surface area contributed by atoms with E-state index in [0.29, 0.717) is 34.5 Å². The Morgan fingerprint density at radius 1 is 0.247 bits per heavy atom. The van der Waals surface area contributed by atoms with Gasteiger partial charge in [0.1, 0.15) is 52.6 Å². The molecule has 3 fully saturated rings. The van der Waals surface area contributed by atoms with Crippen molar-refractivity contribution in [2.24, 2.45) is 0 Å². The van der Waals surface area contributed by atoms with Gasteiger partial charge in [0.2, 0.25) is 18.3 Å². The molecule has 15 heteroatoms. The molecule has 450 valence electrons. The second-order valence-electron chi connectivity index (χ2n) is 22.7.